The van der Waals surface area contributed by atoms with Crippen molar-refractivity contribution in [2.45, 2.75) is 25.8 Å². The highest BCUT2D eigenvalue weighted by molar-refractivity contribution is 5.98. The summed E-state index contributed by atoms with van der Waals surface area (Å²) >= 11 is 0. The summed E-state index contributed by atoms with van der Waals surface area (Å²) in [5, 5.41) is 21.1. The van der Waals surface area contributed by atoms with Gasteiger partial charge < -0.3 is 20.3 Å². The summed E-state index contributed by atoms with van der Waals surface area (Å²) in [6.07, 6.45) is 0.329. The average Bonchev–Trinajstić information content (AvgIpc) is 2.37. The predicted molar refractivity (Wildman–Crippen MR) is 68.5 cm³/mol. The molecule has 0 fully saturated rings. The molecule has 0 aliphatic carbocycles. The molecule has 0 aromatic heterocycles. The highest BCUT2D eigenvalue weighted by Gasteiger charge is 2.19. The van der Waals surface area contributed by atoms with Crippen molar-refractivity contribution in [1.82, 2.24) is 5.32 Å². The third kappa shape index (κ3) is 3.87. The molecular weight excluding hydrogens is 250 g/mol. The van der Waals surface area contributed by atoms with E-state index < -0.39 is 17.9 Å². The van der Waals surface area contributed by atoms with Gasteiger partial charge in [0.1, 0.15) is 0 Å². The third-order valence-electron chi connectivity index (χ3n) is 2.71. The zero-order valence-electron chi connectivity index (χ0n) is 10.8. The minimum absolute atomic E-state index is 0.0585. The zero-order chi connectivity index (χ0) is 14.4. The molecular formula is C13H17NO5. The minimum atomic E-state index is -0.984. The van der Waals surface area contributed by atoms with Crippen LogP contribution in [0.5, 0.6) is 11.5 Å². The summed E-state index contributed by atoms with van der Waals surface area (Å²) in [6, 6.07) is 4.07. The summed E-state index contributed by atoms with van der Waals surface area (Å²) in [5.41, 5.74) is 0.0585. The van der Waals surface area contributed by atoms with Gasteiger partial charge in [0, 0.05) is 6.04 Å². The summed E-state index contributed by atoms with van der Waals surface area (Å²) in [7, 11) is 1.38. The summed E-state index contributed by atoms with van der Waals surface area (Å²) < 4.78 is 4.91. The number of carbonyl (C=O) groups is 2. The highest BCUT2D eigenvalue weighted by atomic mass is 16.5. The van der Waals surface area contributed by atoms with Crippen LogP contribution in [-0.2, 0) is 4.79 Å². The number of phenols is 1. The number of aromatic hydroxyl groups is 1. The zero-order valence-corrected chi connectivity index (χ0v) is 10.8. The molecule has 1 amide bonds. The molecule has 0 radical (unpaired) electrons. The Labute approximate surface area is 111 Å². The molecule has 6 nitrogen and oxygen atoms in total. The second-order valence-corrected chi connectivity index (χ2v) is 4.03. The van der Waals surface area contributed by atoms with E-state index in [1.165, 1.54) is 19.2 Å². The summed E-state index contributed by atoms with van der Waals surface area (Å²) in [6.45, 7) is 1.78. The van der Waals surface area contributed by atoms with Crippen molar-refractivity contribution in [3.63, 3.8) is 0 Å². The highest BCUT2D eigenvalue weighted by Crippen LogP contribution is 2.29. The topological polar surface area (TPSA) is 95.9 Å². The van der Waals surface area contributed by atoms with Crippen molar-refractivity contribution in [3.8, 4) is 11.5 Å². The molecule has 0 saturated carbocycles. The van der Waals surface area contributed by atoms with E-state index in [-0.39, 0.29) is 23.5 Å². The molecule has 1 aromatic carbocycles. The van der Waals surface area contributed by atoms with Gasteiger partial charge in [0.05, 0.1) is 19.1 Å². The van der Waals surface area contributed by atoms with Gasteiger partial charge in [-0.1, -0.05) is 13.0 Å². The van der Waals surface area contributed by atoms with E-state index in [9.17, 15) is 14.7 Å². The molecule has 0 saturated heterocycles. The van der Waals surface area contributed by atoms with Crippen LogP contribution in [0, 0.1) is 0 Å². The van der Waals surface area contributed by atoms with Crippen molar-refractivity contribution in [3.05, 3.63) is 23.8 Å². The summed E-state index contributed by atoms with van der Waals surface area (Å²) in [5.74, 6) is -1.57. The fourth-order valence-corrected chi connectivity index (χ4v) is 1.64. The second kappa shape index (κ2) is 6.63. The molecule has 1 unspecified atom stereocenters. The third-order valence-corrected chi connectivity index (χ3v) is 2.71. The maximum Gasteiger partial charge on any atom is 0.305 e. The lowest BCUT2D eigenvalue weighted by Gasteiger charge is -2.15. The van der Waals surface area contributed by atoms with Gasteiger partial charge in [0.15, 0.2) is 11.5 Å². The first-order valence-electron chi connectivity index (χ1n) is 5.88. The fraction of sp³-hybridized carbons (Fsp3) is 0.385. The van der Waals surface area contributed by atoms with Gasteiger partial charge in [-0.15, -0.1) is 0 Å². The van der Waals surface area contributed by atoms with Crippen molar-refractivity contribution < 1.29 is 24.5 Å². The number of para-hydroxylation sites is 1. The molecule has 1 aromatic rings. The van der Waals surface area contributed by atoms with Crippen LogP contribution < -0.4 is 10.1 Å². The van der Waals surface area contributed by atoms with Crippen LogP contribution in [0.1, 0.15) is 30.1 Å². The number of hydrogen-bond donors (Lipinski definition) is 3. The van der Waals surface area contributed by atoms with Gasteiger partial charge >= 0.3 is 5.97 Å². The molecule has 0 bridgehead atoms. The van der Waals surface area contributed by atoms with Crippen molar-refractivity contribution in [2.24, 2.45) is 0 Å². The Kier molecular flexibility index (Phi) is 5.17. The van der Waals surface area contributed by atoms with Gasteiger partial charge in [0.25, 0.3) is 5.91 Å². The Bertz CT molecular complexity index is 472. The quantitative estimate of drug-likeness (QED) is 0.723. The van der Waals surface area contributed by atoms with Gasteiger partial charge in [-0.05, 0) is 18.6 Å². The maximum atomic E-state index is 12.0. The van der Waals surface area contributed by atoms with E-state index in [2.05, 4.69) is 5.32 Å². The first kappa shape index (κ1) is 14.8. The Morgan fingerprint density at radius 2 is 2.11 bits per heavy atom. The van der Waals surface area contributed by atoms with Gasteiger partial charge in [-0.25, -0.2) is 0 Å². The number of phenolic OH excluding ortho intramolecular Hbond substituents is 1. The molecule has 104 valence electrons. The number of hydrogen-bond acceptors (Lipinski definition) is 4. The lowest BCUT2D eigenvalue weighted by atomic mass is 10.1. The number of ether oxygens (including phenoxy) is 1. The average molecular weight is 267 g/mol. The normalized spacial score (nSPS) is 11.7. The maximum absolute atomic E-state index is 12.0. The number of nitrogens with one attached hydrogen (secondary N) is 1. The molecule has 3 N–H and O–H groups in total. The number of carboxylic acid groups (broad SMARTS) is 1. The van der Waals surface area contributed by atoms with Gasteiger partial charge in [0.2, 0.25) is 0 Å². The number of carbonyl (C=O) groups excluding carboxylic acids is 1. The Morgan fingerprint density at radius 1 is 1.42 bits per heavy atom. The molecule has 0 heterocycles. The van der Waals surface area contributed by atoms with Crippen LogP contribution in [0.4, 0.5) is 0 Å². The second-order valence-electron chi connectivity index (χ2n) is 4.03. The van der Waals surface area contributed by atoms with Crippen LogP contribution in [0.15, 0.2) is 18.2 Å². The van der Waals surface area contributed by atoms with Crippen LogP contribution in [0.2, 0.25) is 0 Å². The number of methoxy groups -OCH3 is 1. The van der Waals surface area contributed by atoms with E-state index in [1.54, 1.807) is 13.0 Å². The van der Waals surface area contributed by atoms with E-state index in [0.29, 0.717) is 6.42 Å². The molecule has 1 atom stereocenters. The minimum Gasteiger partial charge on any atom is -0.504 e. The lowest BCUT2D eigenvalue weighted by molar-refractivity contribution is -0.137. The van der Waals surface area contributed by atoms with E-state index in [4.69, 9.17) is 9.84 Å². The Balaban J connectivity index is 2.85. The fourth-order valence-electron chi connectivity index (χ4n) is 1.64. The smallest absolute Gasteiger partial charge is 0.305 e. The molecule has 6 heteroatoms. The number of amides is 1. The van der Waals surface area contributed by atoms with Crippen molar-refractivity contribution in [2.75, 3.05) is 7.11 Å². The van der Waals surface area contributed by atoms with Crippen LogP contribution in [0.3, 0.4) is 0 Å². The Morgan fingerprint density at radius 3 is 2.63 bits per heavy atom. The molecule has 1 rings (SSSR count). The number of benzene rings is 1. The van der Waals surface area contributed by atoms with Crippen LogP contribution in [-0.4, -0.2) is 35.2 Å². The molecule has 0 aliphatic heterocycles. The van der Waals surface area contributed by atoms with Gasteiger partial charge in [-0.2, -0.15) is 0 Å². The first-order valence-corrected chi connectivity index (χ1v) is 5.88. The van der Waals surface area contributed by atoms with E-state index in [1.807, 2.05) is 0 Å². The molecule has 0 spiro atoms. The number of carboxylic acids is 1. The van der Waals surface area contributed by atoms with E-state index in [0.717, 1.165) is 0 Å². The monoisotopic (exact) mass is 267 g/mol. The lowest BCUT2D eigenvalue weighted by Crippen LogP contribution is -2.36. The van der Waals surface area contributed by atoms with E-state index >= 15 is 0 Å². The first-order chi connectivity index (χ1) is 8.99. The molecule has 0 aliphatic rings. The van der Waals surface area contributed by atoms with Crippen molar-refractivity contribution in [1.29, 1.82) is 0 Å². The van der Waals surface area contributed by atoms with Crippen LogP contribution >= 0.6 is 0 Å². The largest absolute Gasteiger partial charge is 0.504 e. The standard InChI is InChI=1S/C13H17NO5/c1-3-8(7-11(15)16)14-13(18)9-5-4-6-10(19-2)12(9)17/h4-6,8,17H,3,7H2,1-2H3,(H,14,18)(H,15,16). The van der Waals surface area contributed by atoms with Crippen molar-refractivity contribution >= 4 is 11.9 Å². The molecule has 19 heavy (non-hydrogen) atoms. The number of rotatable bonds is 6. The predicted octanol–water partition coefficient (Wildman–Crippen LogP) is 1.38. The van der Waals surface area contributed by atoms with Crippen LogP contribution in [0.25, 0.3) is 0 Å². The number of aliphatic carboxylic acids is 1. The SMILES string of the molecule is CCC(CC(=O)O)NC(=O)c1cccc(OC)c1O. The summed E-state index contributed by atoms with van der Waals surface area (Å²) in [4.78, 5) is 22.6. The van der Waals surface area contributed by atoms with Gasteiger partial charge in [-0.3, -0.25) is 9.59 Å². The Hall–Kier alpha value is -2.24.